The van der Waals surface area contributed by atoms with E-state index in [0.29, 0.717) is 51.2 Å². The van der Waals surface area contributed by atoms with Crippen molar-refractivity contribution in [2.75, 3.05) is 51.3 Å². The molecule has 184 valence electrons. The second kappa shape index (κ2) is 9.49. The molecular weight excluding hydrogens is 425 g/mol. The largest absolute Gasteiger partial charge is 0.388 e. The van der Waals surface area contributed by atoms with Crippen molar-refractivity contribution in [1.82, 2.24) is 9.80 Å². The molecule has 0 aliphatic carbocycles. The molecule has 3 fully saturated rings. The van der Waals surface area contributed by atoms with Gasteiger partial charge in [-0.15, -0.1) is 0 Å². The van der Waals surface area contributed by atoms with Crippen molar-refractivity contribution < 1.29 is 24.1 Å². The zero-order valence-electron chi connectivity index (χ0n) is 20.0. The van der Waals surface area contributed by atoms with Crippen LogP contribution in [0.25, 0.3) is 0 Å². The maximum Gasteiger partial charge on any atom is 0.219 e. The van der Waals surface area contributed by atoms with Crippen LogP contribution < -0.4 is 4.90 Å². The smallest absolute Gasteiger partial charge is 0.219 e. The lowest BCUT2D eigenvalue weighted by molar-refractivity contribution is -0.138. The highest BCUT2D eigenvalue weighted by Crippen LogP contribution is 2.36. The van der Waals surface area contributed by atoms with Crippen molar-refractivity contribution in [1.29, 1.82) is 0 Å². The van der Waals surface area contributed by atoms with Gasteiger partial charge in [0.25, 0.3) is 0 Å². The van der Waals surface area contributed by atoms with E-state index in [9.17, 15) is 19.4 Å². The Morgan fingerprint density at radius 1 is 1.24 bits per heavy atom. The first-order valence-electron chi connectivity index (χ1n) is 12.1. The molecule has 1 aromatic rings. The third-order valence-corrected chi connectivity index (χ3v) is 7.98. The van der Waals surface area contributed by atoms with Crippen LogP contribution in [0.15, 0.2) is 24.3 Å². The molecule has 1 aromatic carbocycles. The summed E-state index contributed by atoms with van der Waals surface area (Å²) in [5.74, 6) is -0.167. The Labute approximate surface area is 196 Å². The molecule has 3 aliphatic heterocycles. The van der Waals surface area contributed by atoms with Gasteiger partial charge in [-0.3, -0.25) is 4.79 Å². The number of halogens is 1. The minimum Gasteiger partial charge on any atom is -0.388 e. The van der Waals surface area contributed by atoms with Crippen LogP contribution in [0.4, 0.5) is 10.1 Å². The van der Waals surface area contributed by atoms with E-state index in [2.05, 4.69) is 4.90 Å². The van der Waals surface area contributed by atoms with Crippen molar-refractivity contribution >= 4 is 11.6 Å². The molecular formula is C25H38FN3O4. The summed E-state index contributed by atoms with van der Waals surface area (Å²) in [6.07, 6.45) is 2.62. The number of piperidine rings is 2. The highest BCUT2D eigenvalue weighted by atomic mass is 19.1. The Hall–Kier alpha value is -1.74. The number of likely N-dealkylation sites (N-methyl/N-ethyl adjacent to an activating group) is 1. The fraction of sp³-hybridized carbons (Fsp3) is 0.720. The minimum atomic E-state index is -1.04. The van der Waals surface area contributed by atoms with Crippen LogP contribution in [-0.4, -0.2) is 95.6 Å². The number of ether oxygens (including phenoxy) is 1. The average molecular weight is 464 g/mol. The van der Waals surface area contributed by atoms with E-state index in [1.54, 1.807) is 31.0 Å². The number of nitrogens with zero attached hydrogens (tertiary/aromatic N) is 3. The van der Waals surface area contributed by atoms with Crippen molar-refractivity contribution in [3.8, 4) is 0 Å². The lowest BCUT2D eigenvalue weighted by Crippen LogP contribution is -2.55. The molecule has 2 N–H and O–H groups in total. The summed E-state index contributed by atoms with van der Waals surface area (Å²) in [5.41, 5.74) is -1.24. The number of carbonyl (C=O) groups excluding carboxylic acids is 1. The number of hydrogen-bond donors (Lipinski definition) is 2. The summed E-state index contributed by atoms with van der Waals surface area (Å²) >= 11 is 0. The lowest BCUT2D eigenvalue weighted by Gasteiger charge is -2.45. The Balaban J connectivity index is 1.36. The number of carbonyl (C=O) groups is 1. The summed E-state index contributed by atoms with van der Waals surface area (Å²) in [6, 6.07) is 6.42. The molecule has 3 heterocycles. The second-order valence-electron chi connectivity index (χ2n) is 10.5. The van der Waals surface area contributed by atoms with Gasteiger partial charge in [0.1, 0.15) is 5.82 Å². The molecule has 0 radical (unpaired) electrons. The summed E-state index contributed by atoms with van der Waals surface area (Å²) < 4.78 is 20.3. The molecule has 0 saturated carbocycles. The molecule has 4 rings (SSSR count). The summed E-state index contributed by atoms with van der Waals surface area (Å²) in [6.45, 7) is 7.02. The summed E-state index contributed by atoms with van der Waals surface area (Å²) in [4.78, 5) is 17.8. The summed E-state index contributed by atoms with van der Waals surface area (Å²) in [7, 11) is 1.72. The van der Waals surface area contributed by atoms with E-state index in [1.165, 1.54) is 13.0 Å². The molecule has 3 saturated heterocycles. The van der Waals surface area contributed by atoms with E-state index in [4.69, 9.17) is 4.74 Å². The van der Waals surface area contributed by atoms with Crippen LogP contribution in [0, 0.1) is 11.7 Å². The monoisotopic (exact) mass is 463 g/mol. The van der Waals surface area contributed by atoms with Gasteiger partial charge in [-0.05, 0) is 44.7 Å². The van der Waals surface area contributed by atoms with Crippen molar-refractivity contribution in [2.24, 2.45) is 5.92 Å². The van der Waals surface area contributed by atoms with Gasteiger partial charge in [0.05, 0.1) is 35.6 Å². The molecule has 3 aliphatic rings. The van der Waals surface area contributed by atoms with E-state index in [0.717, 1.165) is 19.5 Å². The number of β-amino-alcohol motifs (C(OH)–C–C–N with tert-alkyl or cyclic N) is 1. The van der Waals surface area contributed by atoms with E-state index < -0.39 is 11.2 Å². The highest BCUT2D eigenvalue weighted by molar-refractivity contribution is 5.73. The number of likely N-dealkylation sites (tertiary alicyclic amines) is 1. The Morgan fingerprint density at radius 3 is 2.61 bits per heavy atom. The third-order valence-electron chi connectivity index (χ3n) is 7.98. The predicted octanol–water partition coefficient (Wildman–Crippen LogP) is 1.87. The second-order valence-corrected chi connectivity index (χ2v) is 10.5. The first-order valence-corrected chi connectivity index (χ1v) is 12.1. The minimum absolute atomic E-state index is 0.0515. The fourth-order valence-electron chi connectivity index (χ4n) is 5.90. The summed E-state index contributed by atoms with van der Waals surface area (Å²) in [5, 5.41) is 22.5. The first-order chi connectivity index (χ1) is 15.6. The Morgan fingerprint density at radius 2 is 1.94 bits per heavy atom. The van der Waals surface area contributed by atoms with Gasteiger partial charge in [-0.25, -0.2) is 4.39 Å². The zero-order chi connectivity index (χ0) is 23.8. The Kier molecular flexibility index (Phi) is 7.01. The predicted molar refractivity (Wildman–Crippen MR) is 125 cm³/mol. The van der Waals surface area contributed by atoms with Crippen LogP contribution in [0.3, 0.4) is 0 Å². The van der Waals surface area contributed by atoms with Crippen molar-refractivity contribution in [2.45, 2.75) is 62.9 Å². The molecule has 0 bridgehead atoms. The fourth-order valence-corrected chi connectivity index (χ4v) is 5.90. The molecule has 1 amide bonds. The van der Waals surface area contributed by atoms with Crippen LogP contribution in [0.1, 0.15) is 39.5 Å². The van der Waals surface area contributed by atoms with Crippen molar-refractivity contribution in [3.05, 3.63) is 30.1 Å². The molecule has 0 aromatic heterocycles. The molecule has 7 nitrogen and oxygen atoms in total. The van der Waals surface area contributed by atoms with Gasteiger partial charge >= 0.3 is 0 Å². The highest BCUT2D eigenvalue weighted by Gasteiger charge is 2.46. The van der Waals surface area contributed by atoms with E-state index in [1.807, 2.05) is 11.0 Å². The number of para-hydroxylation sites is 1. The molecule has 0 spiro atoms. The number of aliphatic hydroxyl groups is 2. The van der Waals surface area contributed by atoms with Gasteiger partial charge in [-0.1, -0.05) is 12.1 Å². The number of benzene rings is 1. The topological polar surface area (TPSA) is 76.5 Å². The van der Waals surface area contributed by atoms with Crippen molar-refractivity contribution in [3.63, 3.8) is 0 Å². The van der Waals surface area contributed by atoms with E-state index >= 15 is 0 Å². The number of amides is 1. The van der Waals surface area contributed by atoms with Crippen LogP contribution in [-0.2, 0) is 9.53 Å². The van der Waals surface area contributed by atoms with Crippen LogP contribution in [0.5, 0.6) is 0 Å². The number of hydrogen-bond acceptors (Lipinski definition) is 6. The van der Waals surface area contributed by atoms with Gasteiger partial charge in [0, 0.05) is 52.6 Å². The van der Waals surface area contributed by atoms with Gasteiger partial charge in [0.2, 0.25) is 5.91 Å². The van der Waals surface area contributed by atoms with Gasteiger partial charge < -0.3 is 29.6 Å². The lowest BCUT2D eigenvalue weighted by atomic mass is 9.81. The molecule has 8 heteroatoms. The number of fused-ring (bicyclic) bond motifs is 1. The van der Waals surface area contributed by atoms with Crippen LogP contribution in [0.2, 0.25) is 0 Å². The van der Waals surface area contributed by atoms with Gasteiger partial charge in [0.15, 0.2) is 0 Å². The van der Waals surface area contributed by atoms with Crippen LogP contribution >= 0.6 is 0 Å². The maximum absolute atomic E-state index is 14.1. The quantitative estimate of drug-likeness (QED) is 0.710. The molecule has 0 unspecified atom stereocenters. The van der Waals surface area contributed by atoms with Gasteiger partial charge in [-0.2, -0.15) is 0 Å². The number of anilines is 1. The zero-order valence-corrected chi connectivity index (χ0v) is 20.0. The standard InChI is InChI=1S/C25H38FN3O4/c1-18(30)27(3)23-16-33-22-8-11-28(15-19(22)14-24(23,2)31)17-25(32)9-12-29(13-10-25)21-7-5-4-6-20(21)26/h4-7,19,22-23,31-32H,8-17H2,1-3H3/t19-,22+,23+,24+/m0/s1. The normalized spacial score (nSPS) is 32.7. The molecule has 4 atom stereocenters. The Bertz CT molecular complexity index is 843. The maximum atomic E-state index is 14.1. The SMILES string of the molecule is CC(=O)N(C)[C@@H]1CO[C@@H]2CCN(CC3(O)CCN(c4ccccc4F)CC3)C[C@@H]2C[C@@]1(C)O. The molecule has 33 heavy (non-hydrogen) atoms. The third kappa shape index (κ3) is 5.34. The van der Waals surface area contributed by atoms with E-state index in [-0.39, 0.29) is 29.8 Å². The average Bonchev–Trinajstić information content (AvgIpc) is 2.88. The first kappa shape index (κ1) is 24.4. The number of rotatable bonds is 4.